The van der Waals surface area contributed by atoms with Crippen molar-refractivity contribution in [3.05, 3.63) is 36.0 Å². The molecule has 1 aromatic carbocycles. The molecule has 4 N–H and O–H groups in total. The molecule has 4 heteroatoms. The maximum Gasteiger partial charge on any atom is 0.250 e. The quantitative estimate of drug-likeness (QED) is 0.486. The second-order valence-electron chi connectivity index (χ2n) is 2.92. The molecule has 0 bridgehead atoms. The van der Waals surface area contributed by atoms with Gasteiger partial charge in [-0.2, -0.15) is 0 Å². The molecule has 0 aliphatic carbocycles. The zero-order chi connectivity index (χ0) is 10.6. The number of hydrogen-bond donors (Lipinski definition) is 3. The van der Waals surface area contributed by atoms with E-state index < -0.39 is 0 Å². The van der Waals surface area contributed by atoms with Crippen LogP contribution < -0.4 is 11.1 Å². The van der Waals surface area contributed by atoms with Gasteiger partial charge in [-0.25, -0.2) is 0 Å². The fourth-order valence-corrected chi connectivity index (χ4v) is 0.930. The smallest absolute Gasteiger partial charge is 0.250 e. The summed E-state index contributed by atoms with van der Waals surface area (Å²) in [4.78, 5) is 11.2. The van der Waals surface area contributed by atoms with Crippen molar-refractivity contribution < 1.29 is 9.90 Å². The highest BCUT2D eigenvalue weighted by Crippen LogP contribution is 2.13. The topological polar surface area (TPSA) is 75.4 Å². The van der Waals surface area contributed by atoms with Gasteiger partial charge in [0.05, 0.1) is 0 Å². The van der Waals surface area contributed by atoms with Crippen molar-refractivity contribution in [2.75, 3.05) is 5.32 Å². The van der Waals surface area contributed by atoms with Gasteiger partial charge in [-0.3, -0.25) is 4.79 Å². The number of aromatic hydroxyl groups is 1. The van der Waals surface area contributed by atoms with Crippen LogP contribution in [0.25, 0.3) is 0 Å². The lowest BCUT2D eigenvalue weighted by molar-refractivity contribution is -0.111. The second kappa shape index (κ2) is 4.32. The van der Waals surface area contributed by atoms with Gasteiger partial charge in [0.25, 0.3) is 0 Å². The van der Waals surface area contributed by atoms with Crippen LogP contribution in [0.4, 0.5) is 5.69 Å². The summed E-state index contributed by atoms with van der Waals surface area (Å²) in [6.07, 6.45) is 1.30. The zero-order valence-corrected chi connectivity index (χ0v) is 7.82. The van der Waals surface area contributed by atoms with E-state index in [-0.39, 0.29) is 11.7 Å². The summed E-state index contributed by atoms with van der Waals surface area (Å²) < 4.78 is 0. The Hall–Kier alpha value is -1.97. The molecule has 0 fully saturated rings. The van der Waals surface area contributed by atoms with Crippen molar-refractivity contribution in [3.8, 4) is 5.75 Å². The van der Waals surface area contributed by atoms with E-state index in [0.717, 1.165) is 0 Å². The van der Waals surface area contributed by atoms with Gasteiger partial charge in [-0.1, -0.05) is 0 Å². The molecule has 0 aromatic heterocycles. The number of hydrogen-bond acceptors (Lipinski definition) is 3. The van der Waals surface area contributed by atoms with Crippen molar-refractivity contribution in [2.45, 2.75) is 6.92 Å². The number of allylic oxidation sites excluding steroid dienone is 1. The first-order chi connectivity index (χ1) is 6.58. The van der Waals surface area contributed by atoms with Crippen molar-refractivity contribution in [1.29, 1.82) is 0 Å². The van der Waals surface area contributed by atoms with Gasteiger partial charge in [-0.15, -0.1) is 0 Å². The van der Waals surface area contributed by atoms with Crippen LogP contribution >= 0.6 is 0 Å². The molecule has 14 heavy (non-hydrogen) atoms. The number of phenolic OH excluding ortho intramolecular Hbond substituents is 1. The van der Waals surface area contributed by atoms with Gasteiger partial charge in [0.2, 0.25) is 5.91 Å². The molecule has 0 aliphatic heterocycles. The maximum absolute atomic E-state index is 11.2. The minimum atomic E-state index is -0.282. The van der Waals surface area contributed by atoms with Crippen LogP contribution in [0, 0.1) is 0 Å². The molecular formula is C10H12N2O2. The molecule has 0 atom stereocenters. The number of carbonyl (C=O) groups excluding carboxylic acids is 1. The highest BCUT2D eigenvalue weighted by molar-refractivity contribution is 5.99. The SMILES string of the molecule is C/C(N)=C/C(=O)Nc1ccc(O)cc1. The third-order valence-electron chi connectivity index (χ3n) is 1.49. The number of nitrogens with one attached hydrogen (secondary N) is 1. The Morgan fingerprint density at radius 2 is 2.00 bits per heavy atom. The minimum Gasteiger partial charge on any atom is -0.508 e. The summed E-state index contributed by atoms with van der Waals surface area (Å²) in [5.74, 6) is -0.121. The van der Waals surface area contributed by atoms with Gasteiger partial charge in [-0.05, 0) is 31.2 Å². The fraction of sp³-hybridized carbons (Fsp3) is 0.100. The summed E-state index contributed by atoms with van der Waals surface area (Å²) in [6, 6.07) is 6.20. The highest BCUT2D eigenvalue weighted by Gasteiger charge is 1.97. The van der Waals surface area contributed by atoms with Crippen LogP contribution in [0.2, 0.25) is 0 Å². The number of carbonyl (C=O) groups is 1. The fourth-order valence-electron chi connectivity index (χ4n) is 0.930. The first kappa shape index (κ1) is 10.1. The van der Waals surface area contributed by atoms with E-state index in [1.165, 1.54) is 18.2 Å². The Morgan fingerprint density at radius 3 is 2.50 bits per heavy atom. The highest BCUT2D eigenvalue weighted by atomic mass is 16.3. The second-order valence-corrected chi connectivity index (χ2v) is 2.92. The van der Waals surface area contributed by atoms with E-state index in [1.54, 1.807) is 19.1 Å². The summed E-state index contributed by atoms with van der Waals surface area (Å²) in [7, 11) is 0. The molecule has 0 spiro atoms. The molecule has 1 amide bonds. The Balaban J connectivity index is 2.66. The predicted octanol–water partition coefficient (Wildman–Crippen LogP) is 1.19. The Morgan fingerprint density at radius 1 is 1.43 bits per heavy atom. The van der Waals surface area contributed by atoms with E-state index in [2.05, 4.69) is 5.32 Å². The van der Waals surface area contributed by atoms with Crippen LogP contribution in [0.3, 0.4) is 0 Å². The normalized spacial score (nSPS) is 11.1. The molecule has 0 radical (unpaired) electrons. The van der Waals surface area contributed by atoms with Crippen LogP contribution in [-0.2, 0) is 4.79 Å². The van der Waals surface area contributed by atoms with Crippen molar-refractivity contribution >= 4 is 11.6 Å². The molecule has 0 saturated heterocycles. The lowest BCUT2D eigenvalue weighted by Gasteiger charge is -2.01. The minimum absolute atomic E-state index is 0.161. The average Bonchev–Trinajstić information content (AvgIpc) is 2.07. The van der Waals surface area contributed by atoms with E-state index in [9.17, 15) is 4.79 Å². The first-order valence-electron chi connectivity index (χ1n) is 4.12. The van der Waals surface area contributed by atoms with E-state index >= 15 is 0 Å². The van der Waals surface area contributed by atoms with E-state index in [4.69, 9.17) is 10.8 Å². The molecular weight excluding hydrogens is 180 g/mol. The van der Waals surface area contributed by atoms with Crippen LogP contribution in [0.15, 0.2) is 36.0 Å². The summed E-state index contributed by atoms with van der Waals surface area (Å²) >= 11 is 0. The van der Waals surface area contributed by atoms with Crippen LogP contribution in [-0.4, -0.2) is 11.0 Å². The monoisotopic (exact) mass is 192 g/mol. The number of rotatable bonds is 2. The van der Waals surface area contributed by atoms with Gasteiger partial charge < -0.3 is 16.2 Å². The zero-order valence-electron chi connectivity index (χ0n) is 7.82. The molecule has 1 aromatic rings. The summed E-state index contributed by atoms with van der Waals surface area (Å²) in [5, 5.41) is 11.6. The summed E-state index contributed by atoms with van der Waals surface area (Å²) in [5.41, 5.74) is 6.39. The van der Waals surface area contributed by atoms with Gasteiger partial charge in [0, 0.05) is 17.5 Å². The molecule has 0 heterocycles. The molecule has 4 nitrogen and oxygen atoms in total. The maximum atomic E-state index is 11.2. The van der Waals surface area contributed by atoms with Crippen LogP contribution in [0.1, 0.15) is 6.92 Å². The molecule has 0 unspecified atom stereocenters. The van der Waals surface area contributed by atoms with E-state index in [1.807, 2.05) is 0 Å². The van der Waals surface area contributed by atoms with E-state index in [0.29, 0.717) is 11.4 Å². The van der Waals surface area contributed by atoms with Gasteiger partial charge in [0.1, 0.15) is 5.75 Å². The predicted molar refractivity (Wildman–Crippen MR) is 54.7 cm³/mol. The first-order valence-corrected chi connectivity index (χ1v) is 4.12. The molecule has 0 saturated carbocycles. The van der Waals surface area contributed by atoms with Crippen molar-refractivity contribution in [1.82, 2.24) is 0 Å². The van der Waals surface area contributed by atoms with Crippen LogP contribution in [0.5, 0.6) is 5.75 Å². The standard InChI is InChI=1S/C10H12N2O2/c1-7(11)6-10(14)12-8-2-4-9(13)5-3-8/h2-6,13H,11H2,1H3,(H,12,14)/b7-6-. The lowest BCUT2D eigenvalue weighted by Crippen LogP contribution is -2.10. The lowest BCUT2D eigenvalue weighted by atomic mass is 10.3. The number of nitrogens with two attached hydrogens (primary N) is 1. The number of benzene rings is 1. The number of amides is 1. The Bertz CT molecular complexity index is 351. The van der Waals surface area contributed by atoms with Crippen molar-refractivity contribution in [2.24, 2.45) is 5.73 Å². The third-order valence-corrected chi connectivity index (χ3v) is 1.49. The molecule has 74 valence electrons. The molecule has 0 aliphatic rings. The molecule has 1 rings (SSSR count). The average molecular weight is 192 g/mol. The Labute approximate surface area is 82.0 Å². The van der Waals surface area contributed by atoms with Gasteiger partial charge in [0.15, 0.2) is 0 Å². The van der Waals surface area contributed by atoms with Gasteiger partial charge >= 0.3 is 0 Å². The number of anilines is 1. The Kier molecular flexibility index (Phi) is 3.12. The van der Waals surface area contributed by atoms with Crippen molar-refractivity contribution in [3.63, 3.8) is 0 Å². The number of phenols is 1. The summed E-state index contributed by atoms with van der Waals surface area (Å²) in [6.45, 7) is 1.64. The largest absolute Gasteiger partial charge is 0.508 e. The third kappa shape index (κ3) is 3.18.